The van der Waals surface area contributed by atoms with Gasteiger partial charge in [-0.05, 0) is 19.1 Å². The minimum absolute atomic E-state index is 0.842. The van der Waals surface area contributed by atoms with E-state index in [0.717, 1.165) is 24.7 Å². The van der Waals surface area contributed by atoms with Crippen molar-refractivity contribution in [3.63, 3.8) is 0 Å². The number of benzene rings is 1. The van der Waals surface area contributed by atoms with Gasteiger partial charge in [0.05, 0.1) is 6.61 Å². The molecule has 0 atom stereocenters. The summed E-state index contributed by atoms with van der Waals surface area (Å²) in [4.78, 5) is 0. The number of hydrogen-bond acceptors (Lipinski definition) is 3. The Morgan fingerprint density at radius 3 is 2.60 bits per heavy atom. The summed E-state index contributed by atoms with van der Waals surface area (Å²) >= 11 is 1.91. The van der Waals surface area contributed by atoms with Gasteiger partial charge in [-0.15, -0.1) is 0 Å². The summed E-state index contributed by atoms with van der Waals surface area (Å²) in [5, 5.41) is 3.39. The Morgan fingerprint density at radius 2 is 1.93 bits per heavy atom. The average Bonchev–Trinajstić information content (AvgIpc) is 2.26. The molecule has 84 valence electrons. The van der Waals surface area contributed by atoms with Gasteiger partial charge in [0.2, 0.25) is 0 Å². The SMILES string of the molecule is COCCSCCNc1ccc(C)cc1. The van der Waals surface area contributed by atoms with Crippen LogP contribution in [0.5, 0.6) is 0 Å². The number of rotatable bonds is 7. The lowest BCUT2D eigenvalue weighted by molar-refractivity contribution is 0.218. The zero-order valence-corrected chi connectivity index (χ0v) is 10.3. The van der Waals surface area contributed by atoms with Crippen molar-refractivity contribution in [2.75, 3.05) is 37.1 Å². The quantitative estimate of drug-likeness (QED) is 0.721. The lowest BCUT2D eigenvalue weighted by Gasteiger charge is -2.06. The van der Waals surface area contributed by atoms with Crippen molar-refractivity contribution in [2.45, 2.75) is 6.92 Å². The number of nitrogens with one attached hydrogen (secondary N) is 1. The van der Waals surface area contributed by atoms with Crippen molar-refractivity contribution in [2.24, 2.45) is 0 Å². The highest BCUT2D eigenvalue weighted by Gasteiger charge is 1.91. The summed E-state index contributed by atoms with van der Waals surface area (Å²) in [7, 11) is 1.74. The van der Waals surface area contributed by atoms with Gasteiger partial charge in [-0.3, -0.25) is 0 Å². The molecule has 1 aromatic rings. The summed E-state index contributed by atoms with van der Waals surface area (Å²) in [6.07, 6.45) is 0. The van der Waals surface area contributed by atoms with Crippen molar-refractivity contribution < 1.29 is 4.74 Å². The molecule has 0 unspecified atom stereocenters. The third-order valence-electron chi connectivity index (χ3n) is 2.06. The van der Waals surface area contributed by atoms with Crippen LogP contribution in [0.15, 0.2) is 24.3 Å². The fraction of sp³-hybridized carbons (Fsp3) is 0.500. The van der Waals surface area contributed by atoms with Gasteiger partial charge in [0, 0.05) is 30.8 Å². The van der Waals surface area contributed by atoms with E-state index in [9.17, 15) is 0 Å². The van der Waals surface area contributed by atoms with Gasteiger partial charge in [-0.1, -0.05) is 17.7 Å². The van der Waals surface area contributed by atoms with E-state index in [4.69, 9.17) is 4.74 Å². The van der Waals surface area contributed by atoms with Crippen molar-refractivity contribution in [3.8, 4) is 0 Å². The second-order valence-corrected chi connectivity index (χ2v) is 4.62. The third kappa shape index (κ3) is 5.70. The standard InChI is InChI=1S/C12H19NOS/c1-11-3-5-12(6-4-11)13-7-9-15-10-8-14-2/h3-6,13H,7-10H2,1-2H3. The van der Waals surface area contributed by atoms with Crippen LogP contribution in [0.25, 0.3) is 0 Å². The van der Waals surface area contributed by atoms with Crippen LogP contribution in [0.4, 0.5) is 5.69 Å². The van der Waals surface area contributed by atoms with E-state index in [1.807, 2.05) is 11.8 Å². The number of aryl methyl sites for hydroxylation is 1. The molecule has 0 saturated carbocycles. The summed E-state index contributed by atoms with van der Waals surface area (Å²) in [5.74, 6) is 2.20. The van der Waals surface area contributed by atoms with Crippen LogP contribution in [0.3, 0.4) is 0 Å². The first-order chi connectivity index (χ1) is 7.33. The minimum atomic E-state index is 0.842. The monoisotopic (exact) mass is 225 g/mol. The molecule has 0 aromatic heterocycles. The molecule has 0 heterocycles. The maximum Gasteiger partial charge on any atom is 0.0552 e. The van der Waals surface area contributed by atoms with Gasteiger partial charge in [-0.2, -0.15) is 11.8 Å². The third-order valence-corrected chi connectivity index (χ3v) is 3.01. The molecule has 3 heteroatoms. The molecular weight excluding hydrogens is 206 g/mol. The molecule has 1 rings (SSSR count). The second kappa shape index (κ2) is 7.60. The Morgan fingerprint density at radius 1 is 1.20 bits per heavy atom. The molecule has 15 heavy (non-hydrogen) atoms. The van der Waals surface area contributed by atoms with Crippen molar-refractivity contribution in [3.05, 3.63) is 29.8 Å². The van der Waals surface area contributed by atoms with E-state index in [1.165, 1.54) is 11.3 Å². The van der Waals surface area contributed by atoms with Crippen molar-refractivity contribution in [1.29, 1.82) is 0 Å². The van der Waals surface area contributed by atoms with Gasteiger partial charge in [-0.25, -0.2) is 0 Å². The highest BCUT2D eigenvalue weighted by Crippen LogP contribution is 2.08. The molecule has 0 fully saturated rings. The van der Waals surface area contributed by atoms with Crippen LogP contribution in [0.2, 0.25) is 0 Å². The van der Waals surface area contributed by atoms with Gasteiger partial charge >= 0.3 is 0 Å². The summed E-state index contributed by atoms with van der Waals surface area (Å²) in [5.41, 5.74) is 2.50. The van der Waals surface area contributed by atoms with E-state index in [-0.39, 0.29) is 0 Å². The van der Waals surface area contributed by atoms with Crippen LogP contribution in [0, 0.1) is 6.92 Å². The van der Waals surface area contributed by atoms with Crippen LogP contribution in [-0.2, 0) is 4.74 Å². The summed E-state index contributed by atoms with van der Waals surface area (Å²) in [6.45, 7) is 3.96. The molecule has 1 N–H and O–H groups in total. The Bertz CT molecular complexity index is 261. The normalized spacial score (nSPS) is 10.3. The number of hydrogen-bond donors (Lipinski definition) is 1. The molecule has 0 aliphatic carbocycles. The molecular formula is C12H19NOS. The first-order valence-electron chi connectivity index (χ1n) is 5.20. The molecule has 1 aromatic carbocycles. The Labute approximate surface area is 96.4 Å². The van der Waals surface area contributed by atoms with Gasteiger partial charge in [0.1, 0.15) is 0 Å². The van der Waals surface area contributed by atoms with Gasteiger partial charge in [0.25, 0.3) is 0 Å². The largest absolute Gasteiger partial charge is 0.384 e. The van der Waals surface area contributed by atoms with Gasteiger partial charge < -0.3 is 10.1 Å². The number of thioether (sulfide) groups is 1. The molecule has 0 bridgehead atoms. The maximum absolute atomic E-state index is 4.98. The summed E-state index contributed by atoms with van der Waals surface area (Å²) < 4.78 is 4.98. The van der Waals surface area contributed by atoms with E-state index in [2.05, 4.69) is 36.5 Å². The minimum Gasteiger partial charge on any atom is -0.384 e. The lowest BCUT2D eigenvalue weighted by Crippen LogP contribution is -2.05. The van der Waals surface area contributed by atoms with E-state index in [1.54, 1.807) is 7.11 Å². The molecule has 0 spiro atoms. The molecule has 2 nitrogen and oxygen atoms in total. The number of methoxy groups -OCH3 is 1. The summed E-state index contributed by atoms with van der Waals surface area (Å²) in [6, 6.07) is 8.49. The highest BCUT2D eigenvalue weighted by molar-refractivity contribution is 7.99. The molecule has 0 aliphatic rings. The number of anilines is 1. The Kier molecular flexibility index (Phi) is 6.28. The van der Waals surface area contributed by atoms with E-state index in [0.29, 0.717) is 0 Å². The average molecular weight is 225 g/mol. The maximum atomic E-state index is 4.98. The highest BCUT2D eigenvalue weighted by atomic mass is 32.2. The van der Waals surface area contributed by atoms with Crippen LogP contribution < -0.4 is 5.32 Å². The predicted molar refractivity (Wildman–Crippen MR) is 68.9 cm³/mol. The van der Waals surface area contributed by atoms with Crippen LogP contribution in [-0.4, -0.2) is 31.8 Å². The van der Waals surface area contributed by atoms with Gasteiger partial charge in [0.15, 0.2) is 0 Å². The zero-order valence-electron chi connectivity index (χ0n) is 9.45. The smallest absolute Gasteiger partial charge is 0.0552 e. The fourth-order valence-electron chi connectivity index (χ4n) is 1.18. The molecule has 0 saturated heterocycles. The lowest BCUT2D eigenvalue weighted by atomic mass is 10.2. The molecule has 0 aliphatic heterocycles. The Balaban J connectivity index is 2.07. The van der Waals surface area contributed by atoms with E-state index < -0.39 is 0 Å². The van der Waals surface area contributed by atoms with Crippen LogP contribution >= 0.6 is 11.8 Å². The first kappa shape index (κ1) is 12.4. The van der Waals surface area contributed by atoms with Crippen LogP contribution in [0.1, 0.15) is 5.56 Å². The predicted octanol–water partition coefficient (Wildman–Crippen LogP) is 2.79. The second-order valence-electron chi connectivity index (χ2n) is 3.40. The number of ether oxygens (including phenoxy) is 1. The Hall–Kier alpha value is -0.670. The molecule has 0 radical (unpaired) electrons. The van der Waals surface area contributed by atoms with Crippen molar-refractivity contribution in [1.82, 2.24) is 0 Å². The first-order valence-corrected chi connectivity index (χ1v) is 6.35. The topological polar surface area (TPSA) is 21.3 Å². The fourth-order valence-corrected chi connectivity index (χ4v) is 1.92. The van der Waals surface area contributed by atoms with E-state index >= 15 is 0 Å². The zero-order chi connectivity index (χ0) is 10.9. The van der Waals surface area contributed by atoms with Crippen molar-refractivity contribution >= 4 is 17.4 Å². The molecule has 0 amide bonds.